The van der Waals surface area contributed by atoms with Crippen LogP contribution in [-0.2, 0) is 19.1 Å². The van der Waals surface area contributed by atoms with Crippen LogP contribution in [0, 0.1) is 17.8 Å². The Morgan fingerprint density at radius 1 is 1.17 bits per heavy atom. The van der Waals surface area contributed by atoms with Gasteiger partial charge in [0.1, 0.15) is 17.7 Å². The van der Waals surface area contributed by atoms with Crippen LogP contribution in [0.5, 0.6) is 0 Å². The largest absolute Gasteiger partial charge is 0.454 e. The number of ketones is 2. The summed E-state index contributed by atoms with van der Waals surface area (Å²) in [5.74, 6) is -0.344. The third-order valence-electron chi connectivity index (χ3n) is 4.74. The molecule has 0 aromatic heterocycles. The zero-order valence-corrected chi connectivity index (χ0v) is 14.9. The van der Waals surface area contributed by atoms with E-state index in [0.29, 0.717) is 18.4 Å². The van der Waals surface area contributed by atoms with Crippen LogP contribution in [0.3, 0.4) is 0 Å². The van der Waals surface area contributed by atoms with Gasteiger partial charge in [0.2, 0.25) is 0 Å². The van der Waals surface area contributed by atoms with Gasteiger partial charge in [-0.2, -0.15) is 0 Å². The van der Waals surface area contributed by atoms with E-state index in [2.05, 4.69) is 0 Å². The molecule has 0 saturated heterocycles. The topological polar surface area (TPSA) is 60.4 Å². The highest BCUT2D eigenvalue weighted by atomic mass is 16.5. The van der Waals surface area contributed by atoms with Gasteiger partial charge in [-0.05, 0) is 18.9 Å². The van der Waals surface area contributed by atoms with Gasteiger partial charge in [-0.25, -0.2) is 4.79 Å². The summed E-state index contributed by atoms with van der Waals surface area (Å²) in [7, 11) is 0. The van der Waals surface area contributed by atoms with E-state index in [0.717, 1.165) is 5.57 Å². The van der Waals surface area contributed by atoms with Crippen LogP contribution in [0.4, 0.5) is 0 Å². The van der Waals surface area contributed by atoms with Crippen LogP contribution in [0.25, 0.3) is 0 Å². The standard InChI is InChI=1S/C20H26O4/c1-12(2)17-11-18(22)14(4)7-5-6-13(3)8-16(21)9-15-10-19(17)24-20(15)23/h5-7,10,12,14,17,19H,8-9,11H2,1-4H3. The quantitative estimate of drug-likeness (QED) is 0.690. The molecule has 1 aliphatic carbocycles. The van der Waals surface area contributed by atoms with Gasteiger partial charge >= 0.3 is 5.97 Å². The van der Waals surface area contributed by atoms with Crippen molar-refractivity contribution in [1.82, 2.24) is 0 Å². The van der Waals surface area contributed by atoms with Crippen LogP contribution in [0.1, 0.15) is 47.0 Å². The molecule has 0 radical (unpaired) electrons. The predicted molar refractivity (Wildman–Crippen MR) is 92.2 cm³/mol. The Labute approximate surface area is 143 Å². The first-order valence-corrected chi connectivity index (χ1v) is 8.58. The van der Waals surface area contributed by atoms with Crippen molar-refractivity contribution in [2.45, 2.75) is 53.1 Å². The van der Waals surface area contributed by atoms with E-state index in [1.807, 2.05) is 45.9 Å². The number of hydrogen-bond acceptors (Lipinski definition) is 4. The van der Waals surface area contributed by atoms with E-state index in [9.17, 15) is 14.4 Å². The molecule has 2 bridgehead atoms. The molecule has 0 aromatic carbocycles. The molecular weight excluding hydrogens is 304 g/mol. The molecule has 0 N–H and O–H groups in total. The molecule has 24 heavy (non-hydrogen) atoms. The van der Waals surface area contributed by atoms with Crippen molar-refractivity contribution in [3.05, 3.63) is 35.5 Å². The molecule has 0 aromatic rings. The second-order valence-electron chi connectivity index (χ2n) is 7.22. The number of carbonyl (C=O) groups is 3. The van der Waals surface area contributed by atoms with Crippen molar-refractivity contribution in [3.8, 4) is 0 Å². The zero-order valence-electron chi connectivity index (χ0n) is 14.9. The molecule has 1 aliphatic heterocycles. The fourth-order valence-corrected chi connectivity index (χ4v) is 3.13. The Morgan fingerprint density at radius 3 is 2.54 bits per heavy atom. The summed E-state index contributed by atoms with van der Waals surface area (Å²) in [6, 6.07) is 0. The van der Waals surface area contributed by atoms with Crippen molar-refractivity contribution < 1.29 is 19.1 Å². The van der Waals surface area contributed by atoms with Gasteiger partial charge in [0.25, 0.3) is 0 Å². The smallest absolute Gasteiger partial charge is 0.334 e. The highest BCUT2D eigenvalue weighted by molar-refractivity contribution is 5.98. The molecule has 130 valence electrons. The third kappa shape index (κ3) is 4.53. The average molecular weight is 330 g/mol. The Bertz CT molecular complexity index is 622. The average Bonchev–Trinajstić information content (AvgIpc) is 2.83. The first-order valence-electron chi connectivity index (χ1n) is 8.58. The second-order valence-corrected chi connectivity index (χ2v) is 7.22. The summed E-state index contributed by atoms with van der Waals surface area (Å²) in [6.07, 6.45) is 7.66. The molecule has 0 spiro atoms. The lowest BCUT2D eigenvalue weighted by Crippen LogP contribution is -2.29. The van der Waals surface area contributed by atoms with Gasteiger partial charge in [0, 0.05) is 36.7 Å². The number of fused-ring (bicyclic) bond motifs is 1. The SMILES string of the molecule is CC1=CC=CC(C)C(=O)CC(C(C)C)C2C=C(CC(=O)C1)C(=O)O2. The molecule has 2 aliphatic rings. The van der Waals surface area contributed by atoms with E-state index in [1.54, 1.807) is 6.08 Å². The van der Waals surface area contributed by atoms with Crippen molar-refractivity contribution in [2.24, 2.45) is 17.8 Å². The molecule has 4 nitrogen and oxygen atoms in total. The number of carbonyl (C=O) groups excluding carboxylic acids is 3. The van der Waals surface area contributed by atoms with Crippen LogP contribution < -0.4 is 0 Å². The van der Waals surface area contributed by atoms with Crippen molar-refractivity contribution >= 4 is 17.5 Å². The van der Waals surface area contributed by atoms with E-state index >= 15 is 0 Å². The lowest BCUT2D eigenvalue weighted by atomic mass is 9.83. The molecule has 0 amide bonds. The van der Waals surface area contributed by atoms with Gasteiger partial charge in [-0.3, -0.25) is 9.59 Å². The summed E-state index contributed by atoms with van der Waals surface area (Å²) in [5.41, 5.74) is 1.34. The van der Waals surface area contributed by atoms with Gasteiger partial charge in [0.15, 0.2) is 0 Å². The van der Waals surface area contributed by atoms with E-state index in [-0.39, 0.29) is 35.7 Å². The number of esters is 1. The molecular formula is C20H26O4. The fraction of sp³-hybridized carbons (Fsp3) is 0.550. The Balaban J connectivity index is 2.34. The minimum atomic E-state index is -0.422. The van der Waals surface area contributed by atoms with E-state index in [4.69, 9.17) is 4.74 Å². The van der Waals surface area contributed by atoms with Crippen LogP contribution in [0.15, 0.2) is 35.5 Å². The zero-order chi connectivity index (χ0) is 17.9. The van der Waals surface area contributed by atoms with Crippen molar-refractivity contribution in [3.63, 3.8) is 0 Å². The van der Waals surface area contributed by atoms with Gasteiger partial charge in [-0.1, -0.05) is 44.6 Å². The molecule has 3 unspecified atom stereocenters. The summed E-state index contributed by atoms with van der Waals surface area (Å²) in [4.78, 5) is 36.7. The maximum Gasteiger partial charge on any atom is 0.334 e. The molecule has 0 fully saturated rings. The van der Waals surface area contributed by atoms with Gasteiger partial charge < -0.3 is 4.74 Å². The van der Waals surface area contributed by atoms with E-state index in [1.165, 1.54) is 0 Å². The van der Waals surface area contributed by atoms with Crippen LogP contribution >= 0.6 is 0 Å². The molecule has 3 atom stereocenters. The van der Waals surface area contributed by atoms with Crippen molar-refractivity contribution in [1.29, 1.82) is 0 Å². The first kappa shape index (κ1) is 18.4. The Morgan fingerprint density at radius 2 is 1.88 bits per heavy atom. The second kappa shape index (κ2) is 7.73. The number of hydrogen-bond donors (Lipinski definition) is 0. The van der Waals surface area contributed by atoms with Gasteiger partial charge in [-0.15, -0.1) is 0 Å². The third-order valence-corrected chi connectivity index (χ3v) is 4.74. The summed E-state index contributed by atoms with van der Waals surface area (Å²) < 4.78 is 5.46. The highest BCUT2D eigenvalue weighted by Crippen LogP contribution is 2.31. The maximum atomic E-state index is 12.5. The summed E-state index contributed by atoms with van der Waals surface area (Å²) in [6.45, 7) is 7.80. The lowest BCUT2D eigenvalue weighted by molar-refractivity contribution is -0.143. The number of rotatable bonds is 1. The minimum Gasteiger partial charge on any atom is -0.454 e. The van der Waals surface area contributed by atoms with Gasteiger partial charge in [0.05, 0.1) is 0 Å². The fourth-order valence-electron chi connectivity index (χ4n) is 3.13. The minimum absolute atomic E-state index is 0.00304. The number of ether oxygens (including phenoxy) is 1. The Kier molecular flexibility index (Phi) is 5.92. The van der Waals surface area contributed by atoms with Crippen LogP contribution in [-0.4, -0.2) is 23.6 Å². The first-order chi connectivity index (χ1) is 11.3. The molecule has 2 rings (SSSR count). The summed E-state index contributed by atoms with van der Waals surface area (Å²) in [5, 5.41) is 0. The van der Waals surface area contributed by atoms with Crippen LogP contribution in [0.2, 0.25) is 0 Å². The Hall–Kier alpha value is -1.97. The predicted octanol–water partition coefficient (Wildman–Crippen LogP) is 3.57. The number of Topliss-reactive ketones (excluding diaryl/α,β-unsaturated/α-hetero) is 2. The normalized spacial score (nSPS) is 29.2. The monoisotopic (exact) mass is 330 g/mol. The molecule has 1 heterocycles. The molecule has 0 saturated carbocycles. The summed E-state index contributed by atoms with van der Waals surface area (Å²) >= 11 is 0. The maximum absolute atomic E-state index is 12.5. The van der Waals surface area contributed by atoms with E-state index < -0.39 is 12.1 Å². The highest BCUT2D eigenvalue weighted by Gasteiger charge is 2.35. The molecule has 4 heteroatoms. The lowest BCUT2D eigenvalue weighted by Gasteiger charge is -2.25. The number of allylic oxidation sites excluding steroid dienone is 4. The van der Waals surface area contributed by atoms with Crippen molar-refractivity contribution in [2.75, 3.05) is 0 Å².